The third-order valence-corrected chi connectivity index (χ3v) is 4.27. The molecule has 0 spiro atoms. The van der Waals surface area contributed by atoms with Crippen molar-refractivity contribution < 1.29 is 4.74 Å². The lowest BCUT2D eigenvalue weighted by Gasteiger charge is -2.16. The highest BCUT2D eigenvalue weighted by Crippen LogP contribution is 2.15. The van der Waals surface area contributed by atoms with Gasteiger partial charge >= 0.3 is 0 Å². The number of aliphatic imine (C=N–C) groups is 1. The van der Waals surface area contributed by atoms with E-state index in [-0.39, 0.29) is 0 Å². The second-order valence-corrected chi connectivity index (χ2v) is 5.98. The molecule has 0 radical (unpaired) electrons. The minimum Gasteiger partial charge on any atom is -0.497 e. The minimum atomic E-state index is 0.651. The van der Waals surface area contributed by atoms with Gasteiger partial charge < -0.3 is 20.3 Å². The highest BCUT2D eigenvalue weighted by atomic mass is 16.5. The Morgan fingerprint density at radius 3 is 2.91 bits per heavy atom. The maximum Gasteiger partial charge on any atom is 0.191 e. The zero-order valence-corrected chi connectivity index (χ0v) is 14.6. The molecule has 1 heterocycles. The second-order valence-electron chi connectivity index (χ2n) is 5.98. The molecule has 5 heteroatoms. The van der Waals surface area contributed by atoms with Crippen LogP contribution in [0.25, 0.3) is 0 Å². The molecule has 1 aromatic rings. The second kappa shape index (κ2) is 9.40. The van der Waals surface area contributed by atoms with Crippen LogP contribution >= 0.6 is 0 Å². The summed E-state index contributed by atoms with van der Waals surface area (Å²) in [7, 11) is 1.69. The molecule has 128 valence electrons. The van der Waals surface area contributed by atoms with Crippen molar-refractivity contribution in [2.45, 2.75) is 26.8 Å². The quantitative estimate of drug-likeness (QED) is 0.597. The first-order valence-corrected chi connectivity index (χ1v) is 8.62. The summed E-state index contributed by atoms with van der Waals surface area (Å²) in [6.07, 6.45) is 1.27. The van der Waals surface area contributed by atoms with E-state index >= 15 is 0 Å². The van der Waals surface area contributed by atoms with Crippen molar-refractivity contribution in [3.05, 3.63) is 29.8 Å². The van der Waals surface area contributed by atoms with Crippen LogP contribution in [0.1, 0.15) is 25.8 Å². The first kappa shape index (κ1) is 17.6. The van der Waals surface area contributed by atoms with Crippen molar-refractivity contribution in [3.8, 4) is 5.75 Å². The predicted molar refractivity (Wildman–Crippen MR) is 96.0 cm³/mol. The summed E-state index contributed by atoms with van der Waals surface area (Å²) in [5.41, 5.74) is 1.15. The molecular weight excluding hydrogens is 288 g/mol. The van der Waals surface area contributed by atoms with Crippen LogP contribution < -0.4 is 15.4 Å². The van der Waals surface area contributed by atoms with Gasteiger partial charge in [-0.05, 0) is 50.0 Å². The van der Waals surface area contributed by atoms with Gasteiger partial charge in [-0.1, -0.05) is 19.1 Å². The number of likely N-dealkylation sites (tertiary alicyclic amines) is 1. The highest BCUT2D eigenvalue weighted by Gasteiger charge is 2.20. The third-order valence-electron chi connectivity index (χ3n) is 4.27. The summed E-state index contributed by atoms with van der Waals surface area (Å²) in [6, 6.07) is 8.06. The molecule has 1 aromatic carbocycles. The molecule has 1 aliphatic rings. The van der Waals surface area contributed by atoms with Gasteiger partial charge in [-0.3, -0.25) is 0 Å². The lowest BCUT2D eigenvalue weighted by molar-refractivity contribution is 0.342. The molecule has 0 bridgehead atoms. The first-order valence-electron chi connectivity index (χ1n) is 8.62. The molecule has 0 aliphatic carbocycles. The maximum absolute atomic E-state index is 5.26. The van der Waals surface area contributed by atoms with Gasteiger partial charge in [0.1, 0.15) is 5.75 Å². The van der Waals surface area contributed by atoms with E-state index in [0.717, 1.165) is 42.8 Å². The summed E-state index contributed by atoms with van der Waals surface area (Å²) in [6.45, 7) is 10.4. The molecule has 1 unspecified atom stereocenters. The normalized spacial score (nSPS) is 18.9. The SMILES string of the molecule is CCNC(=NCc1cccc(OC)c1)NCC1CCN(CC)C1. The number of rotatable bonds is 7. The van der Waals surface area contributed by atoms with Gasteiger partial charge in [0.05, 0.1) is 13.7 Å². The minimum absolute atomic E-state index is 0.651. The topological polar surface area (TPSA) is 48.9 Å². The fraction of sp³-hybridized carbons (Fsp3) is 0.611. The van der Waals surface area contributed by atoms with Crippen LogP contribution in [0.3, 0.4) is 0 Å². The van der Waals surface area contributed by atoms with Crippen molar-refractivity contribution in [2.75, 3.05) is 39.8 Å². The van der Waals surface area contributed by atoms with Crippen molar-refractivity contribution in [1.82, 2.24) is 15.5 Å². The molecule has 1 saturated heterocycles. The molecule has 1 fully saturated rings. The summed E-state index contributed by atoms with van der Waals surface area (Å²) in [5.74, 6) is 2.49. The third kappa shape index (κ3) is 5.75. The average molecular weight is 318 g/mol. The summed E-state index contributed by atoms with van der Waals surface area (Å²) in [5, 5.41) is 6.81. The van der Waals surface area contributed by atoms with E-state index in [4.69, 9.17) is 4.74 Å². The van der Waals surface area contributed by atoms with Crippen LogP contribution in [0.5, 0.6) is 5.75 Å². The van der Waals surface area contributed by atoms with Gasteiger partial charge in [0.2, 0.25) is 0 Å². The molecule has 5 nitrogen and oxygen atoms in total. The van der Waals surface area contributed by atoms with Gasteiger partial charge in [-0.15, -0.1) is 0 Å². The van der Waals surface area contributed by atoms with Crippen LogP contribution in [0, 0.1) is 5.92 Å². The van der Waals surface area contributed by atoms with E-state index in [1.54, 1.807) is 7.11 Å². The van der Waals surface area contributed by atoms with Crippen molar-refractivity contribution >= 4 is 5.96 Å². The summed E-state index contributed by atoms with van der Waals surface area (Å²) < 4.78 is 5.26. The number of benzene rings is 1. The molecular formula is C18H30N4O. The lowest BCUT2D eigenvalue weighted by atomic mass is 10.1. The Bertz CT molecular complexity index is 504. The monoisotopic (exact) mass is 318 g/mol. The van der Waals surface area contributed by atoms with Crippen LogP contribution in [0.2, 0.25) is 0 Å². The largest absolute Gasteiger partial charge is 0.497 e. The van der Waals surface area contributed by atoms with Crippen LogP contribution in [-0.2, 0) is 6.54 Å². The molecule has 1 atom stereocenters. The van der Waals surface area contributed by atoms with Crippen molar-refractivity contribution in [1.29, 1.82) is 0 Å². The van der Waals surface area contributed by atoms with Crippen LogP contribution in [-0.4, -0.2) is 50.7 Å². The zero-order valence-electron chi connectivity index (χ0n) is 14.6. The number of hydrogen-bond acceptors (Lipinski definition) is 3. The van der Waals surface area contributed by atoms with Crippen molar-refractivity contribution in [2.24, 2.45) is 10.9 Å². The number of guanidine groups is 1. The average Bonchev–Trinajstić information content (AvgIpc) is 3.05. The van der Waals surface area contributed by atoms with Crippen LogP contribution in [0.4, 0.5) is 0 Å². The summed E-state index contributed by atoms with van der Waals surface area (Å²) >= 11 is 0. The summed E-state index contributed by atoms with van der Waals surface area (Å²) in [4.78, 5) is 7.19. The van der Waals surface area contributed by atoms with E-state index in [0.29, 0.717) is 6.54 Å². The Balaban J connectivity index is 1.86. The van der Waals surface area contributed by atoms with Crippen LogP contribution in [0.15, 0.2) is 29.3 Å². The van der Waals surface area contributed by atoms with E-state index < -0.39 is 0 Å². The molecule has 2 rings (SSSR count). The number of ether oxygens (including phenoxy) is 1. The fourth-order valence-corrected chi connectivity index (χ4v) is 2.89. The number of nitrogens with one attached hydrogen (secondary N) is 2. The maximum atomic E-state index is 5.26. The van der Waals surface area contributed by atoms with Gasteiger partial charge in [-0.2, -0.15) is 0 Å². The first-order chi connectivity index (χ1) is 11.2. The zero-order chi connectivity index (χ0) is 16.5. The number of nitrogens with zero attached hydrogens (tertiary/aromatic N) is 2. The Hall–Kier alpha value is -1.75. The van der Waals surface area contributed by atoms with Gasteiger partial charge in [0, 0.05) is 19.6 Å². The Labute approximate surface area is 140 Å². The Morgan fingerprint density at radius 1 is 1.35 bits per heavy atom. The van der Waals surface area contributed by atoms with Gasteiger partial charge in [0.15, 0.2) is 5.96 Å². The Morgan fingerprint density at radius 2 is 2.22 bits per heavy atom. The van der Waals surface area contributed by atoms with E-state index in [1.165, 1.54) is 19.5 Å². The molecule has 0 aromatic heterocycles. The number of hydrogen-bond donors (Lipinski definition) is 2. The fourth-order valence-electron chi connectivity index (χ4n) is 2.89. The Kier molecular flexibility index (Phi) is 7.20. The molecule has 0 amide bonds. The smallest absolute Gasteiger partial charge is 0.191 e. The molecule has 2 N–H and O–H groups in total. The predicted octanol–water partition coefficient (Wildman–Crippen LogP) is 2.09. The highest BCUT2D eigenvalue weighted by molar-refractivity contribution is 5.79. The molecule has 0 saturated carbocycles. The van der Waals surface area contributed by atoms with Gasteiger partial charge in [-0.25, -0.2) is 4.99 Å². The van der Waals surface area contributed by atoms with E-state index in [1.807, 2.05) is 18.2 Å². The standard InChI is InChI=1S/C18H30N4O/c1-4-19-18(21-13-16-9-10-22(5-2)14-16)20-12-15-7-6-8-17(11-15)23-3/h6-8,11,16H,4-5,9-10,12-14H2,1-3H3,(H2,19,20,21). The number of methoxy groups -OCH3 is 1. The molecule has 23 heavy (non-hydrogen) atoms. The van der Waals surface area contributed by atoms with Crippen molar-refractivity contribution in [3.63, 3.8) is 0 Å². The van der Waals surface area contributed by atoms with E-state index in [2.05, 4.69) is 40.4 Å². The van der Waals surface area contributed by atoms with E-state index in [9.17, 15) is 0 Å². The lowest BCUT2D eigenvalue weighted by Crippen LogP contribution is -2.40. The molecule has 1 aliphatic heterocycles. The van der Waals surface area contributed by atoms with Gasteiger partial charge in [0.25, 0.3) is 0 Å².